The topological polar surface area (TPSA) is 71.8 Å². The van der Waals surface area contributed by atoms with Gasteiger partial charge in [0, 0.05) is 24.8 Å². The molecule has 4 heteroatoms. The first kappa shape index (κ1) is 16.8. The summed E-state index contributed by atoms with van der Waals surface area (Å²) in [6.45, 7) is 13.5. The van der Waals surface area contributed by atoms with Crippen LogP contribution in [0.1, 0.15) is 41.5 Å². The average molecular weight is 252 g/mol. The summed E-state index contributed by atoms with van der Waals surface area (Å²) in [5.41, 5.74) is 2.18. The van der Waals surface area contributed by atoms with E-state index in [1.165, 1.54) is 0 Å². The summed E-state index contributed by atoms with van der Waals surface area (Å²) in [6.07, 6.45) is 1.93. The van der Waals surface area contributed by atoms with Crippen LogP contribution >= 0.6 is 0 Å². The summed E-state index contributed by atoms with van der Waals surface area (Å²) in [5.74, 6) is 0. The van der Waals surface area contributed by atoms with Gasteiger partial charge >= 0.3 is 0 Å². The first-order valence-corrected chi connectivity index (χ1v) is 6.43. The molecular formula is C14H28N4. The van der Waals surface area contributed by atoms with Crippen molar-refractivity contribution in [1.82, 2.24) is 10.6 Å². The highest BCUT2D eigenvalue weighted by molar-refractivity contribution is 5.94. The molecule has 0 rings (SSSR count). The van der Waals surface area contributed by atoms with Crippen LogP contribution in [0.25, 0.3) is 0 Å². The zero-order valence-corrected chi connectivity index (χ0v) is 12.6. The molecule has 0 radical (unpaired) electrons. The number of rotatable bonds is 8. The van der Waals surface area contributed by atoms with Crippen LogP contribution in [0.4, 0.5) is 0 Å². The lowest BCUT2D eigenvalue weighted by molar-refractivity contribution is 0.329. The van der Waals surface area contributed by atoms with Gasteiger partial charge in [-0.25, -0.2) is 0 Å². The Morgan fingerprint density at radius 3 is 2.17 bits per heavy atom. The van der Waals surface area contributed by atoms with Crippen molar-refractivity contribution < 1.29 is 0 Å². The van der Waals surface area contributed by atoms with Crippen molar-refractivity contribution in [1.29, 1.82) is 10.8 Å². The molecule has 0 saturated carbocycles. The highest BCUT2D eigenvalue weighted by Crippen LogP contribution is 2.13. The van der Waals surface area contributed by atoms with Crippen LogP contribution < -0.4 is 10.6 Å². The molecule has 1 atom stereocenters. The van der Waals surface area contributed by atoms with Crippen LogP contribution in [0.3, 0.4) is 0 Å². The number of allylic oxidation sites excluding steroid dienone is 2. The Balaban J connectivity index is 4.23. The van der Waals surface area contributed by atoms with E-state index in [1.54, 1.807) is 6.92 Å². The molecule has 1 unspecified atom stereocenters. The summed E-state index contributed by atoms with van der Waals surface area (Å²) in [4.78, 5) is 0. The Morgan fingerprint density at radius 1 is 1.22 bits per heavy atom. The predicted molar refractivity (Wildman–Crippen MR) is 79.8 cm³/mol. The standard InChI is InChI=1S/C14H28N4/c1-7-13(11(3)16)18-9-14(5,6)8-17-12(4)10(2)15/h7,12,15-18H,8-9H2,1-6H3/b13-7+,15-10?,16-11?. The van der Waals surface area contributed by atoms with Crippen molar-refractivity contribution in [2.24, 2.45) is 5.41 Å². The Bertz CT molecular complexity index is 329. The van der Waals surface area contributed by atoms with Gasteiger partial charge in [-0.1, -0.05) is 19.9 Å². The molecule has 104 valence electrons. The summed E-state index contributed by atoms with van der Waals surface area (Å²) in [7, 11) is 0. The van der Waals surface area contributed by atoms with E-state index in [9.17, 15) is 0 Å². The smallest absolute Gasteiger partial charge is 0.0510 e. The van der Waals surface area contributed by atoms with E-state index in [0.717, 1.165) is 18.8 Å². The molecular weight excluding hydrogens is 224 g/mol. The number of nitrogens with one attached hydrogen (secondary N) is 4. The molecule has 0 aliphatic rings. The Hall–Kier alpha value is -1.16. The van der Waals surface area contributed by atoms with Crippen LogP contribution in [0.5, 0.6) is 0 Å². The number of hydrogen-bond acceptors (Lipinski definition) is 4. The minimum atomic E-state index is 0.0768. The average Bonchev–Trinajstić information content (AvgIpc) is 2.26. The van der Waals surface area contributed by atoms with Crippen LogP contribution in [-0.4, -0.2) is 30.6 Å². The van der Waals surface area contributed by atoms with Gasteiger partial charge in [-0.05, 0) is 33.1 Å². The maximum atomic E-state index is 7.61. The van der Waals surface area contributed by atoms with Crippen molar-refractivity contribution in [3.05, 3.63) is 11.8 Å². The van der Waals surface area contributed by atoms with E-state index in [0.29, 0.717) is 11.4 Å². The van der Waals surface area contributed by atoms with Crippen LogP contribution in [-0.2, 0) is 0 Å². The van der Waals surface area contributed by atoms with Gasteiger partial charge < -0.3 is 21.5 Å². The SMILES string of the molecule is C/C=C(/NCC(C)(C)CNC(C)C(C)=N)C(C)=N. The summed E-state index contributed by atoms with van der Waals surface area (Å²) in [5, 5.41) is 21.8. The van der Waals surface area contributed by atoms with Crippen molar-refractivity contribution in [3.8, 4) is 0 Å². The van der Waals surface area contributed by atoms with Crippen molar-refractivity contribution in [3.63, 3.8) is 0 Å². The van der Waals surface area contributed by atoms with Gasteiger partial charge in [0.05, 0.1) is 11.4 Å². The fourth-order valence-corrected chi connectivity index (χ4v) is 1.43. The molecule has 4 nitrogen and oxygen atoms in total. The Kier molecular flexibility index (Phi) is 6.84. The third-order valence-corrected chi connectivity index (χ3v) is 2.99. The van der Waals surface area contributed by atoms with E-state index in [1.807, 2.05) is 26.8 Å². The molecule has 0 fully saturated rings. The van der Waals surface area contributed by atoms with Gasteiger partial charge in [0.2, 0.25) is 0 Å². The van der Waals surface area contributed by atoms with Gasteiger partial charge in [-0.15, -0.1) is 0 Å². The van der Waals surface area contributed by atoms with Crippen molar-refractivity contribution in [2.45, 2.75) is 47.6 Å². The molecule has 0 bridgehead atoms. The predicted octanol–water partition coefficient (Wildman–Crippen LogP) is 2.56. The van der Waals surface area contributed by atoms with E-state index in [4.69, 9.17) is 10.8 Å². The third kappa shape index (κ3) is 6.55. The van der Waals surface area contributed by atoms with E-state index >= 15 is 0 Å². The van der Waals surface area contributed by atoms with E-state index in [2.05, 4.69) is 24.5 Å². The minimum absolute atomic E-state index is 0.0768. The van der Waals surface area contributed by atoms with Gasteiger partial charge in [0.15, 0.2) is 0 Å². The van der Waals surface area contributed by atoms with Gasteiger partial charge in [0.25, 0.3) is 0 Å². The third-order valence-electron chi connectivity index (χ3n) is 2.99. The monoisotopic (exact) mass is 252 g/mol. The van der Waals surface area contributed by atoms with E-state index < -0.39 is 0 Å². The lowest BCUT2D eigenvalue weighted by atomic mass is 9.92. The second kappa shape index (κ2) is 7.31. The van der Waals surface area contributed by atoms with Crippen LogP contribution in [0.2, 0.25) is 0 Å². The summed E-state index contributed by atoms with van der Waals surface area (Å²) < 4.78 is 0. The van der Waals surface area contributed by atoms with Gasteiger partial charge in [-0.2, -0.15) is 0 Å². The quantitative estimate of drug-likeness (QED) is 0.501. The second-order valence-corrected chi connectivity index (χ2v) is 5.63. The van der Waals surface area contributed by atoms with Gasteiger partial charge in [0.1, 0.15) is 0 Å². The van der Waals surface area contributed by atoms with Crippen molar-refractivity contribution >= 4 is 11.4 Å². The summed E-state index contributed by atoms with van der Waals surface area (Å²) >= 11 is 0. The Morgan fingerprint density at radius 2 is 1.78 bits per heavy atom. The van der Waals surface area contributed by atoms with Crippen LogP contribution in [0, 0.1) is 16.2 Å². The largest absolute Gasteiger partial charge is 0.383 e. The Labute approximate surface area is 111 Å². The highest BCUT2D eigenvalue weighted by Gasteiger charge is 2.19. The molecule has 0 aromatic carbocycles. The molecule has 0 aliphatic heterocycles. The van der Waals surface area contributed by atoms with Crippen molar-refractivity contribution in [2.75, 3.05) is 13.1 Å². The summed E-state index contributed by atoms with van der Waals surface area (Å²) in [6, 6.07) is 0.120. The molecule has 18 heavy (non-hydrogen) atoms. The first-order chi connectivity index (χ1) is 8.19. The zero-order chi connectivity index (χ0) is 14.3. The van der Waals surface area contributed by atoms with Crippen LogP contribution in [0.15, 0.2) is 11.8 Å². The lowest BCUT2D eigenvalue weighted by Crippen LogP contribution is -2.43. The maximum absolute atomic E-state index is 7.61. The fourth-order valence-electron chi connectivity index (χ4n) is 1.43. The van der Waals surface area contributed by atoms with E-state index in [-0.39, 0.29) is 11.5 Å². The normalized spacial score (nSPS) is 14.2. The molecule has 0 aromatic rings. The molecule has 4 N–H and O–H groups in total. The zero-order valence-electron chi connectivity index (χ0n) is 12.6. The second-order valence-electron chi connectivity index (χ2n) is 5.63. The number of hydrogen-bond donors (Lipinski definition) is 4. The maximum Gasteiger partial charge on any atom is 0.0510 e. The molecule has 0 spiro atoms. The fraction of sp³-hybridized carbons (Fsp3) is 0.714. The van der Waals surface area contributed by atoms with Gasteiger partial charge in [-0.3, -0.25) is 0 Å². The lowest BCUT2D eigenvalue weighted by Gasteiger charge is -2.28. The first-order valence-electron chi connectivity index (χ1n) is 6.43. The molecule has 0 heterocycles. The molecule has 0 saturated heterocycles. The highest BCUT2D eigenvalue weighted by atomic mass is 15.0. The molecule has 0 aliphatic carbocycles. The molecule has 0 aromatic heterocycles. The minimum Gasteiger partial charge on any atom is -0.383 e. The molecule has 0 amide bonds.